The Morgan fingerprint density at radius 2 is 1.94 bits per heavy atom. The second-order valence-corrected chi connectivity index (χ2v) is 7.26. The van der Waals surface area contributed by atoms with Crippen molar-refractivity contribution in [1.82, 2.24) is 0 Å². The van der Waals surface area contributed by atoms with E-state index in [-0.39, 0.29) is 48.3 Å². The lowest BCUT2D eigenvalue weighted by atomic mass is 10.2. The van der Waals surface area contributed by atoms with Crippen LogP contribution >= 0.6 is 11.6 Å². The summed E-state index contributed by atoms with van der Waals surface area (Å²) in [6, 6.07) is 6.52. The number of hydrogen-bond acceptors (Lipinski definition) is 11. The number of hydrogen-bond donors (Lipinski definition) is 2. The molecule has 0 aromatic heterocycles. The number of rotatable bonds is 11. The maximum absolute atomic E-state index is 11.8. The molecule has 2 aromatic rings. The van der Waals surface area contributed by atoms with Crippen LogP contribution < -0.4 is 15.0 Å². The van der Waals surface area contributed by atoms with Crippen molar-refractivity contribution in [2.75, 3.05) is 37.0 Å². The Hall–Kier alpha value is -4.35. The molecule has 2 rings (SSSR count). The molecule has 0 unspecified atom stereocenters. The zero-order chi connectivity index (χ0) is 26.1. The summed E-state index contributed by atoms with van der Waals surface area (Å²) in [5.41, 5.74) is -1.12. The van der Waals surface area contributed by atoms with E-state index in [1.54, 1.807) is 4.90 Å². The van der Waals surface area contributed by atoms with Crippen LogP contribution in [0.4, 0.5) is 34.1 Å². The van der Waals surface area contributed by atoms with Gasteiger partial charge in [-0.2, -0.15) is 5.26 Å². The molecule has 0 spiro atoms. The number of nitrogens with one attached hydrogen (secondary N) is 1. The summed E-state index contributed by atoms with van der Waals surface area (Å²) in [5.74, 6) is -0.202. The number of benzene rings is 2. The maximum Gasteiger partial charge on any atom is 0.305 e. The second-order valence-electron chi connectivity index (χ2n) is 6.85. The smallest absolute Gasteiger partial charge is 0.305 e. The predicted octanol–water partition coefficient (Wildman–Crippen LogP) is 4.25. The first-order valence-corrected chi connectivity index (χ1v) is 10.3. The first-order chi connectivity index (χ1) is 16.6. The summed E-state index contributed by atoms with van der Waals surface area (Å²) < 4.78 is 5.40. The molecule has 0 aliphatic carbocycles. The molecule has 0 bridgehead atoms. The zero-order valence-electron chi connectivity index (χ0n) is 18.6. The number of methoxy groups -OCH3 is 1. The number of nitrogens with zero attached hydrogens (tertiary/aromatic N) is 6. The highest BCUT2D eigenvalue weighted by Crippen LogP contribution is 2.42. The van der Waals surface area contributed by atoms with Crippen LogP contribution in [0, 0.1) is 31.6 Å². The normalized spacial score (nSPS) is 10.6. The van der Waals surface area contributed by atoms with Gasteiger partial charge in [0.1, 0.15) is 11.4 Å². The van der Waals surface area contributed by atoms with Crippen molar-refractivity contribution in [3.63, 3.8) is 0 Å². The number of anilines is 2. The molecular weight excluding hydrogens is 486 g/mol. The standard InChI is InChI=1S/C20H20ClN7O7/c1-12(30)23-15-10-17(26(6-7-29)5-3-4-22)19(35-2)11-16(15)24-25-20-14(21)8-13(27(31)32)9-18(20)28(33)34/h8-11,29H,3,5-7H2,1-2H3,(H,23,30). The van der Waals surface area contributed by atoms with Crippen LogP contribution in [0.3, 0.4) is 0 Å². The molecule has 0 radical (unpaired) electrons. The number of nitro benzene ring substituents is 2. The van der Waals surface area contributed by atoms with Crippen molar-refractivity contribution in [2.24, 2.45) is 10.2 Å². The Balaban J connectivity index is 2.66. The van der Waals surface area contributed by atoms with E-state index in [1.165, 1.54) is 26.2 Å². The topological polar surface area (TPSA) is 197 Å². The van der Waals surface area contributed by atoms with Gasteiger partial charge in [0.25, 0.3) is 5.69 Å². The van der Waals surface area contributed by atoms with E-state index < -0.39 is 32.8 Å². The number of non-ortho nitro benzene ring substituents is 1. The Morgan fingerprint density at radius 1 is 1.23 bits per heavy atom. The van der Waals surface area contributed by atoms with Crippen LogP contribution in [0.2, 0.25) is 5.02 Å². The number of azo groups is 1. The third kappa shape index (κ3) is 6.82. The molecule has 0 saturated heterocycles. The van der Waals surface area contributed by atoms with Gasteiger partial charge in [0, 0.05) is 32.1 Å². The minimum atomic E-state index is -0.881. The molecule has 0 heterocycles. The lowest BCUT2D eigenvalue weighted by Crippen LogP contribution is -2.28. The van der Waals surface area contributed by atoms with E-state index in [9.17, 15) is 30.1 Å². The van der Waals surface area contributed by atoms with Crippen LogP contribution in [0.5, 0.6) is 5.75 Å². The van der Waals surface area contributed by atoms with E-state index >= 15 is 0 Å². The predicted molar refractivity (Wildman–Crippen MR) is 126 cm³/mol. The minimum Gasteiger partial charge on any atom is -0.494 e. The van der Waals surface area contributed by atoms with E-state index in [2.05, 4.69) is 15.5 Å². The van der Waals surface area contributed by atoms with Gasteiger partial charge in [-0.15, -0.1) is 10.2 Å². The van der Waals surface area contributed by atoms with Gasteiger partial charge in [-0.25, -0.2) is 0 Å². The number of carbonyl (C=O) groups is 1. The third-order valence-electron chi connectivity index (χ3n) is 4.51. The molecule has 14 nitrogen and oxygen atoms in total. The van der Waals surface area contributed by atoms with Gasteiger partial charge < -0.3 is 20.1 Å². The number of carbonyl (C=O) groups excluding carboxylic acids is 1. The monoisotopic (exact) mass is 505 g/mol. The molecule has 2 N–H and O–H groups in total. The quantitative estimate of drug-likeness (QED) is 0.254. The maximum atomic E-state index is 11.8. The number of ether oxygens (including phenoxy) is 1. The summed E-state index contributed by atoms with van der Waals surface area (Å²) in [7, 11) is 1.37. The highest BCUT2D eigenvalue weighted by molar-refractivity contribution is 6.33. The fourth-order valence-corrected chi connectivity index (χ4v) is 3.26. The number of amides is 1. The largest absolute Gasteiger partial charge is 0.494 e. The van der Waals surface area contributed by atoms with E-state index in [1.807, 2.05) is 6.07 Å². The number of nitro groups is 2. The Morgan fingerprint density at radius 3 is 2.49 bits per heavy atom. The van der Waals surface area contributed by atoms with Gasteiger partial charge in [-0.3, -0.25) is 25.0 Å². The number of aliphatic hydroxyl groups is 1. The molecule has 0 atom stereocenters. The lowest BCUT2D eigenvalue weighted by molar-refractivity contribution is -0.393. The van der Waals surface area contributed by atoms with Crippen molar-refractivity contribution >= 4 is 51.6 Å². The highest BCUT2D eigenvalue weighted by Gasteiger charge is 2.24. The zero-order valence-corrected chi connectivity index (χ0v) is 19.4. The van der Waals surface area contributed by atoms with Crippen molar-refractivity contribution in [1.29, 1.82) is 5.26 Å². The molecule has 0 aliphatic rings. The van der Waals surface area contributed by atoms with Crippen molar-refractivity contribution < 1.29 is 24.5 Å². The molecule has 0 aliphatic heterocycles. The number of nitriles is 1. The van der Waals surface area contributed by atoms with Crippen LogP contribution in [-0.2, 0) is 4.79 Å². The Kier molecular flexibility index (Phi) is 9.38. The highest BCUT2D eigenvalue weighted by atomic mass is 35.5. The van der Waals surface area contributed by atoms with Gasteiger partial charge in [0.2, 0.25) is 5.91 Å². The van der Waals surface area contributed by atoms with Gasteiger partial charge >= 0.3 is 5.69 Å². The molecule has 0 fully saturated rings. The average Bonchev–Trinajstić information content (AvgIpc) is 2.80. The molecule has 35 heavy (non-hydrogen) atoms. The molecular formula is C20H20ClN7O7. The summed E-state index contributed by atoms with van der Waals surface area (Å²) in [4.78, 5) is 34.2. The van der Waals surface area contributed by atoms with Gasteiger partial charge in [-0.05, 0) is 6.07 Å². The summed E-state index contributed by atoms with van der Waals surface area (Å²) >= 11 is 6.01. The Labute approximate surface area is 203 Å². The number of aliphatic hydroxyl groups excluding tert-OH is 1. The molecule has 1 amide bonds. The van der Waals surface area contributed by atoms with Crippen molar-refractivity contribution in [2.45, 2.75) is 13.3 Å². The lowest BCUT2D eigenvalue weighted by Gasteiger charge is -2.26. The third-order valence-corrected chi connectivity index (χ3v) is 4.79. The fraction of sp³-hybridized carbons (Fsp3) is 0.300. The SMILES string of the molecule is COc1cc(N=Nc2c(Cl)cc([N+](=O)[O-])cc2[N+](=O)[O-])c(NC(C)=O)cc1N(CCO)CCC#N. The first-order valence-electron chi connectivity index (χ1n) is 9.89. The molecule has 184 valence electrons. The minimum absolute atomic E-state index is 0.0359. The summed E-state index contributed by atoms with van der Waals surface area (Å²) in [6.07, 6.45) is 0.155. The Bertz CT molecular complexity index is 1210. The molecule has 0 saturated carbocycles. The molecule has 15 heteroatoms. The second kappa shape index (κ2) is 12.2. The van der Waals surface area contributed by atoms with Crippen LogP contribution in [0.1, 0.15) is 13.3 Å². The van der Waals surface area contributed by atoms with Crippen molar-refractivity contribution in [3.8, 4) is 11.8 Å². The fourth-order valence-electron chi connectivity index (χ4n) is 3.02. The van der Waals surface area contributed by atoms with Gasteiger partial charge in [0.05, 0.1) is 58.5 Å². The van der Waals surface area contributed by atoms with Crippen LogP contribution in [0.15, 0.2) is 34.5 Å². The van der Waals surface area contributed by atoms with Crippen LogP contribution in [0.25, 0.3) is 0 Å². The van der Waals surface area contributed by atoms with Gasteiger partial charge in [-0.1, -0.05) is 11.6 Å². The first kappa shape index (κ1) is 26.9. The average molecular weight is 506 g/mol. The van der Waals surface area contributed by atoms with Gasteiger partial charge in [0.15, 0.2) is 5.69 Å². The summed E-state index contributed by atoms with van der Waals surface area (Å²) in [5, 5.41) is 50.8. The van der Waals surface area contributed by atoms with E-state index in [0.29, 0.717) is 11.8 Å². The summed E-state index contributed by atoms with van der Waals surface area (Å²) in [6.45, 7) is 1.47. The van der Waals surface area contributed by atoms with E-state index in [0.717, 1.165) is 6.07 Å². The number of halogens is 1. The van der Waals surface area contributed by atoms with Crippen LogP contribution in [-0.4, -0.2) is 47.7 Å². The van der Waals surface area contributed by atoms with Crippen molar-refractivity contribution in [3.05, 3.63) is 49.5 Å². The molecule has 2 aromatic carbocycles. The van der Waals surface area contributed by atoms with E-state index in [4.69, 9.17) is 21.6 Å².